The normalized spacial score (nSPS) is 28.2. The van der Waals surface area contributed by atoms with Gasteiger partial charge in [-0.25, -0.2) is 0 Å². The Hall–Kier alpha value is -0.0700. The molecule has 2 unspecified atom stereocenters. The van der Waals surface area contributed by atoms with Crippen molar-refractivity contribution in [2.24, 2.45) is 0 Å². The molecule has 7 heteroatoms. The van der Waals surface area contributed by atoms with Crippen molar-refractivity contribution < 1.29 is 9.53 Å². The maximum atomic E-state index is 12.2. The third-order valence-electron chi connectivity index (χ3n) is 3.56. The van der Waals surface area contributed by atoms with E-state index in [9.17, 15) is 4.79 Å². The van der Waals surface area contributed by atoms with Crippen LogP contribution in [0.2, 0.25) is 0 Å². The summed E-state index contributed by atoms with van der Waals surface area (Å²) < 4.78 is 5.58. The van der Waals surface area contributed by atoms with Crippen LogP contribution in [0.4, 0.5) is 0 Å². The van der Waals surface area contributed by atoms with E-state index in [-0.39, 0.29) is 36.8 Å². The fraction of sp³-hybridized carbons (Fsp3) is 0.917. The van der Waals surface area contributed by atoms with E-state index < -0.39 is 0 Å². The Bertz CT molecular complexity index is 276. The molecule has 0 saturated carbocycles. The van der Waals surface area contributed by atoms with Crippen molar-refractivity contribution >= 4 is 30.7 Å². The number of carbonyl (C=O) groups excluding carboxylic acids is 1. The molecule has 114 valence electrons. The van der Waals surface area contributed by atoms with Crippen LogP contribution in [0.1, 0.15) is 13.3 Å². The number of likely N-dealkylation sites (N-methyl/N-ethyl adjacent to an activating group) is 1. The first kappa shape index (κ1) is 18.9. The minimum atomic E-state index is 0. The fourth-order valence-electron chi connectivity index (χ4n) is 2.57. The average Bonchev–Trinajstić information content (AvgIpc) is 2.30. The third kappa shape index (κ3) is 5.44. The van der Waals surface area contributed by atoms with Crippen LogP contribution in [0.3, 0.4) is 0 Å². The summed E-state index contributed by atoms with van der Waals surface area (Å²) in [5, 5.41) is 3.26. The monoisotopic (exact) mass is 313 g/mol. The number of halogens is 2. The van der Waals surface area contributed by atoms with E-state index in [0.717, 1.165) is 39.3 Å². The number of piperazine rings is 1. The van der Waals surface area contributed by atoms with E-state index in [2.05, 4.69) is 24.2 Å². The molecular weight excluding hydrogens is 289 g/mol. The first-order valence-electron chi connectivity index (χ1n) is 6.47. The number of ether oxygens (including phenoxy) is 1. The highest BCUT2D eigenvalue weighted by Gasteiger charge is 2.28. The van der Waals surface area contributed by atoms with Gasteiger partial charge in [0.05, 0.1) is 19.1 Å². The Morgan fingerprint density at radius 2 is 2.11 bits per heavy atom. The number of morpholine rings is 1. The molecule has 2 saturated heterocycles. The largest absolute Gasteiger partial charge is 0.375 e. The molecule has 0 aromatic heterocycles. The number of hydrogen-bond acceptors (Lipinski definition) is 4. The minimum absolute atomic E-state index is 0. The number of nitrogens with zero attached hydrogens (tertiary/aromatic N) is 2. The molecule has 0 bridgehead atoms. The summed E-state index contributed by atoms with van der Waals surface area (Å²) in [6.45, 7) is 7.32. The molecule has 1 N–H and O–H groups in total. The van der Waals surface area contributed by atoms with Gasteiger partial charge in [-0.2, -0.15) is 0 Å². The second-order valence-corrected chi connectivity index (χ2v) is 5.10. The molecular formula is C12H25Cl2N3O2. The summed E-state index contributed by atoms with van der Waals surface area (Å²) in [5.74, 6) is 0.235. The quantitative estimate of drug-likeness (QED) is 0.800. The molecule has 0 spiro atoms. The van der Waals surface area contributed by atoms with Crippen molar-refractivity contribution in [1.82, 2.24) is 15.1 Å². The van der Waals surface area contributed by atoms with Gasteiger partial charge in [0.15, 0.2) is 0 Å². The van der Waals surface area contributed by atoms with E-state index in [0.29, 0.717) is 12.5 Å². The smallest absolute Gasteiger partial charge is 0.225 e. The SMILES string of the molecule is CC1CN(C)CCN1C(=O)CC1CNCCO1.Cl.Cl. The number of hydrogen-bond donors (Lipinski definition) is 1. The molecule has 5 nitrogen and oxygen atoms in total. The molecule has 0 aliphatic carbocycles. The summed E-state index contributed by atoms with van der Waals surface area (Å²) >= 11 is 0. The standard InChI is InChI=1S/C12H23N3O2.2ClH/c1-10-9-14(2)4-5-15(10)12(16)7-11-8-13-3-6-17-11;;/h10-11,13H,3-9H2,1-2H3;2*1H. The van der Waals surface area contributed by atoms with Crippen LogP contribution in [-0.2, 0) is 9.53 Å². The van der Waals surface area contributed by atoms with Gasteiger partial charge in [0.2, 0.25) is 5.91 Å². The summed E-state index contributed by atoms with van der Waals surface area (Å²) in [7, 11) is 2.10. The van der Waals surface area contributed by atoms with E-state index >= 15 is 0 Å². The van der Waals surface area contributed by atoms with Gasteiger partial charge in [0.1, 0.15) is 0 Å². The van der Waals surface area contributed by atoms with Crippen LogP contribution < -0.4 is 5.32 Å². The van der Waals surface area contributed by atoms with E-state index in [1.807, 2.05) is 4.90 Å². The van der Waals surface area contributed by atoms with Gasteiger partial charge in [-0.15, -0.1) is 24.8 Å². The van der Waals surface area contributed by atoms with Gasteiger partial charge < -0.3 is 19.9 Å². The Kier molecular flexibility index (Phi) is 8.94. The molecule has 19 heavy (non-hydrogen) atoms. The predicted octanol–water partition coefficient (Wildman–Crippen LogP) is 0.371. The first-order chi connectivity index (χ1) is 8.16. The molecule has 2 heterocycles. The number of amides is 1. The lowest BCUT2D eigenvalue weighted by atomic mass is 10.1. The topological polar surface area (TPSA) is 44.8 Å². The molecule has 1 amide bonds. The molecule has 2 atom stereocenters. The number of carbonyl (C=O) groups is 1. The highest BCUT2D eigenvalue weighted by atomic mass is 35.5. The summed E-state index contributed by atoms with van der Waals surface area (Å²) in [6.07, 6.45) is 0.573. The molecule has 2 aliphatic rings. The van der Waals surface area contributed by atoms with Crippen molar-refractivity contribution in [3.63, 3.8) is 0 Å². The van der Waals surface area contributed by atoms with E-state index in [1.165, 1.54) is 0 Å². The van der Waals surface area contributed by atoms with Crippen LogP contribution >= 0.6 is 24.8 Å². The van der Waals surface area contributed by atoms with Crippen LogP contribution in [0.25, 0.3) is 0 Å². The van der Waals surface area contributed by atoms with Crippen molar-refractivity contribution in [1.29, 1.82) is 0 Å². The lowest BCUT2D eigenvalue weighted by Crippen LogP contribution is -2.54. The van der Waals surface area contributed by atoms with Gasteiger partial charge >= 0.3 is 0 Å². The molecule has 2 fully saturated rings. The van der Waals surface area contributed by atoms with Crippen molar-refractivity contribution in [3.8, 4) is 0 Å². The van der Waals surface area contributed by atoms with E-state index in [1.54, 1.807) is 0 Å². The zero-order chi connectivity index (χ0) is 12.3. The second kappa shape index (κ2) is 8.97. The summed E-state index contributed by atoms with van der Waals surface area (Å²) in [5.41, 5.74) is 0. The molecule has 0 radical (unpaired) electrons. The molecule has 2 rings (SSSR count). The Balaban J connectivity index is 0.00000162. The second-order valence-electron chi connectivity index (χ2n) is 5.10. The first-order valence-corrected chi connectivity index (χ1v) is 6.47. The van der Waals surface area contributed by atoms with Gasteiger partial charge in [0.25, 0.3) is 0 Å². The Labute approximate surface area is 127 Å². The van der Waals surface area contributed by atoms with Crippen LogP contribution in [0, 0.1) is 0 Å². The van der Waals surface area contributed by atoms with Crippen LogP contribution in [-0.4, -0.2) is 74.2 Å². The zero-order valence-corrected chi connectivity index (χ0v) is 13.3. The maximum absolute atomic E-state index is 12.2. The van der Waals surface area contributed by atoms with Crippen LogP contribution in [0.15, 0.2) is 0 Å². The van der Waals surface area contributed by atoms with Gasteiger partial charge in [-0.1, -0.05) is 0 Å². The maximum Gasteiger partial charge on any atom is 0.225 e. The van der Waals surface area contributed by atoms with Crippen molar-refractivity contribution in [3.05, 3.63) is 0 Å². The zero-order valence-electron chi connectivity index (χ0n) is 11.6. The summed E-state index contributed by atoms with van der Waals surface area (Å²) in [4.78, 5) is 16.5. The minimum Gasteiger partial charge on any atom is -0.375 e. The average molecular weight is 314 g/mol. The van der Waals surface area contributed by atoms with Crippen molar-refractivity contribution in [2.75, 3.05) is 46.4 Å². The van der Waals surface area contributed by atoms with Crippen molar-refractivity contribution in [2.45, 2.75) is 25.5 Å². The third-order valence-corrected chi connectivity index (χ3v) is 3.56. The molecule has 2 aliphatic heterocycles. The molecule has 0 aromatic carbocycles. The Morgan fingerprint density at radius 1 is 1.37 bits per heavy atom. The summed E-state index contributed by atoms with van der Waals surface area (Å²) in [6, 6.07) is 0.317. The molecule has 0 aromatic rings. The lowest BCUT2D eigenvalue weighted by molar-refractivity contribution is -0.138. The number of rotatable bonds is 2. The fourth-order valence-corrected chi connectivity index (χ4v) is 2.57. The van der Waals surface area contributed by atoms with Gasteiger partial charge in [-0.05, 0) is 14.0 Å². The lowest BCUT2D eigenvalue weighted by Gasteiger charge is -2.39. The van der Waals surface area contributed by atoms with Gasteiger partial charge in [-0.3, -0.25) is 4.79 Å². The predicted molar refractivity (Wildman–Crippen MR) is 80.4 cm³/mol. The Morgan fingerprint density at radius 3 is 2.68 bits per heavy atom. The highest BCUT2D eigenvalue weighted by molar-refractivity contribution is 5.85. The van der Waals surface area contributed by atoms with E-state index in [4.69, 9.17) is 4.74 Å². The van der Waals surface area contributed by atoms with Crippen LogP contribution in [0.5, 0.6) is 0 Å². The number of nitrogens with one attached hydrogen (secondary N) is 1. The highest BCUT2D eigenvalue weighted by Crippen LogP contribution is 2.12. The van der Waals surface area contributed by atoms with Gasteiger partial charge in [0, 0.05) is 38.8 Å².